The summed E-state index contributed by atoms with van der Waals surface area (Å²) in [5.41, 5.74) is 5.33. The number of nitrogens with zero attached hydrogens (tertiary/aromatic N) is 1. The molecule has 2 heterocycles. The van der Waals surface area contributed by atoms with Gasteiger partial charge in [-0.05, 0) is 31.7 Å². The maximum absolute atomic E-state index is 12.4. The fraction of sp³-hybridized carbons (Fsp3) is 0.643. The van der Waals surface area contributed by atoms with Crippen LogP contribution in [0.4, 0.5) is 5.82 Å². The Hall–Kier alpha value is -1.18. The highest BCUT2D eigenvalue weighted by atomic mass is 32.2. The van der Waals surface area contributed by atoms with E-state index >= 15 is 0 Å². The van der Waals surface area contributed by atoms with Gasteiger partial charge >= 0.3 is 0 Å². The molecule has 2 rings (SSSR count). The van der Waals surface area contributed by atoms with Crippen LogP contribution in [-0.2, 0) is 14.8 Å². The summed E-state index contributed by atoms with van der Waals surface area (Å²) >= 11 is 0. The Morgan fingerprint density at radius 2 is 2.19 bits per heavy atom. The Morgan fingerprint density at radius 3 is 2.81 bits per heavy atom. The summed E-state index contributed by atoms with van der Waals surface area (Å²) in [6.07, 6.45) is 4.53. The summed E-state index contributed by atoms with van der Waals surface area (Å²) in [5.74, 6) is 0.196. The summed E-state index contributed by atoms with van der Waals surface area (Å²) in [6.45, 7) is 4.72. The van der Waals surface area contributed by atoms with Crippen molar-refractivity contribution in [2.75, 3.05) is 12.3 Å². The second-order valence-electron chi connectivity index (χ2n) is 5.47. The van der Waals surface area contributed by atoms with Gasteiger partial charge in [-0.1, -0.05) is 13.8 Å². The molecule has 0 radical (unpaired) electrons. The third-order valence-electron chi connectivity index (χ3n) is 4.17. The Bertz CT molecular complexity index is 585. The molecule has 0 amide bonds. The van der Waals surface area contributed by atoms with Crippen LogP contribution < -0.4 is 10.5 Å². The lowest BCUT2D eigenvalue weighted by atomic mass is 9.86. The van der Waals surface area contributed by atoms with Crippen LogP contribution in [-0.4, -0.2) is 31.7 Å². The molecular weight excluding hydrogens is 290 g/mol. The highest BCUT2D eigenvalue weighted by molar-refractivity contribution is 7.89. The molecule has 1 aliphatic heterocycles. The first-order chi connectivity index (χ1) is 9.91. The molecule has 3 N–H and O–H groups in total. The normalized spacial score (nSPS) is 22.1. The maximum atomic E-state index is 12.4. The molecule has 0 saturated carbocycles. The molecule has 118 valence electrons. The van der Waals surface area contributed by atoms with Crippen LogP contribution in [0.2, 0.25) is 0 Å². The van der Waals surface area contributed by atoms with Crippen LogP contribution >= 0.6 is 0 Å². The number of rotatable bonds is 5. The fourth-order valence-electron chi connectivity index (χ4n) is 2.75. The third kappa shape index (κ3) is 3.72. The number of hydrogen-bond acceptors (Lipinski definition) is 5. The second-order valence-corrected chi connectivity index (χ2v) is 7.18. The average Bonchev–Trinajstić information content (AvgIpc) is 2.47. The summed E-state index contributed by atoms with van der Waals surface area (Å²) in [7, 11) is -3.57. The van der Waals surface area contributed by atoms with E-state index in [1.165, 1.54) is 18.3 Å². The molecule has 1 aromatic rings. The number of aromatic nitrogens is 1. The van der Waals surface area contributed by atoms with Crippen molar-refractivity contribution in [3.63, 3.8) is 0 Å². The van der Waals surface area contributed by atoms with Gasteiger partial charge in [0, 0.05) is 24.9 Å². The van der Waals surface area contributed by atoms with Gasteiger partial charge in [-0.25, -0.2) is 18.1 Å². The first-order valence-electron chi connectivity index (χ1n) is 7.28. The van der Waals surface area contributed by atoms with E-state index in [0.717, 1.165) is 12.8 Å². The van der Waals surface area contributed by atoms with E-state index in [0.29, 0.717) is 19.4 Å². The maximum Gasteiger partial charge on any atom is 0.241 e. The number of sulfonamides is 1. The van der Waals surface area contributed by atoms with Gasteiger partial charge in [0.2, 0.25) is 10.0 Å². The monoisotopic (exact) mass is 313 g/mol. The van der Waals surface area contributed by atoms with Crippen LogP contribution in [0.1, 0.15) is 39.5 Å². The molecular formula is C14H23N3O3S. The SMILES string of the molecule is CCC1(CC)CC(NS(=O)(=O)c2ccnc(N)c2)CCO1. The summed E-state index contributed by atoms with van der Waals surface area (Å²) in [5, 5.41) is 0. The third-order valence-corrected chi connectivity index (χ3v) is 5.68. The van der Waals surface area contributed by atoms with Crippen molar-refractivity contribution in [3.8, 4) is 0 Å². The molecule has 1 aromatic heterocycles. The van der Waals surface area contributed by atoms with E-state index in [1.807, 2.05) is 0 Å². The largest absolute Gasteiger partial charge is 0.384 e. The van der Waals surface area contributed by atoms with E-state index in [2.05, 4.69) is 23.6 Å². The van der Waals surface area contributed by atoms with Crippen molar-refractivity contribution in [2.24, 2.45) is 0 Å². The predicted octanol–water partition coefficient (Wildman–Crippen LogP) is 1.68. The van der Waals surface area contributed by atoms with E-state index in [1.54, 1.807) is 0 Å². The number of hydrogen-bond donors (Lipinski definition) is 2. The zero-order valence-electron chi connectivity index (χ0n) is 12.5. The van der Waals surface area contributed by atoms with E-state index in [-0.39, 0.29) is 22.4 Å². The van der Waals surface area contributed by atoms with Gasteiger partial charge in [0.25, 0.3) is 0 Å². The van der Waals surface area contributed by atoms with E-state index in [9.17, 15) is 8.42 Å². The molecule has 1 saturated heterocycles. The van der Waals surface area contributed by atoms with Crippen LogP contribution in [0, 0.1) is 0 Å². The van der Waals surface area contributed by atoms with Crippen molar-refractivity contribution >= 4 is 15.8 Å². The molecule has 1 unspecified atom stereocenters. The van der Waals surface area contributed by atoms with Crippen molar-refractivity contribution < 1.29 is 13.2 Å². The minimum atomic E-state index is -3.57. The van der Waals surface area contributed by atoms with Crippen LogP contribution in [0.3, 0.4) is 0 Å². The number of nitrogens with one attached hydrogen (secondary N) is 1. The van der Waals surface area contributed by atoms with Crippen LogP contribution in [0.5, 0.6) is 0 Å². The Balaban J connectivity index is 2.13. The van der Waals surface area contributed by atoms with E-state index < -0.39 is 10.0 Å². The van der Waals surface area contributed by atoms with Crippen molar-refractivity contribution in [1.82, 2.24) is 9.71 Å². The van der Waals surface area contributed by atoms with Crippen molar-refractivity contribution in [3.05, 3.63) is 18.3 Å². The quantitative estimate of drug-likeness (QED) is 0.862. The topological polar surface area (TPSA) is 94.3 Å². The van der Waals surface area contributed by atoms with Gasteiger partial charge in [-0.3, -0.25) is 0 Å². The molecule has 0 aromatic carbocycles. The molecule has 0 aliphatic carbocycles. The minimum absolute atomic E-state index is 0.113. The van der Waals surface area contributed by atoms with Gasteiger partial charge in [0.05, 0.1) is 10.5 Å². The summed E-state index contributed by atoms with van der Waals surface area (Å²) in [4.78, 5) is 3.97. The highest BCUT2D eigenvalue weighted by Gasteiger charge is 2.36. The minimum Gasteiger partial charge on any atom is -0.384 e. The van der Waals surface area contributed by atoms with Gasteiger partial charge in [-0.2, -0.15) is 0 Å². The zero-order chi connectivity index (χ0) is 15.5. The molecule has 1 atom stereocenters. The number of nitrogens with two attached hydrogens (primary N) is 1. The van der Waals surface area contributed by atoms with Gasteiger partial charge in [0.1, 0.15) is 5.82 Å². The smallest absolute Gasteiger partial charge is 0.241 e. The number of ether oxygens (including phenoxy) is 1. The van der Waals surface area contributed by atoms with Crippen molar-refractivity contribution in [2.45, 2.75) is 56.1 Å². The molecule has 1 fully saturated rings. The highest BCUT2D eigenvalue weighted by Crippen LogP contribution is 2.32. The first-order valence-corrected chi connectivity index (χ1v) is 8.77. The van der Waals surface area contributed by atoms with Gasteiger partial charge in [0.15, 0.2) is 0 Å². The number of pyridine rings is 1. The van der Waals surface area contributed by atoms with Crippen LogP contribution in [0.25, 0.3) is 0 Å². The van der Waals surface area contributed by atoms with Gasteiger partial charge in [-0.15, -0.1) is 0 Å². The van der Waals surface area contributed by atoms with E-state index in [4.69, 9.17) is 10.5 Å². The van der Waals surface area contributed by atoms with Crippen molar-refractivity contribution in [1.29, 1.82) is 0 Å². The first kappa shape index (κ1) is 16.2. The lowest BCUT2D eigenvalue weighted by Crippen LogP contribution is -2.48. The standard InChI is InChI=1S/C14H23N3O3S/c1-3-14(4-2)10-11(6-8-20-14)17-21(18,19)12-5-7-16-13(15)9-12/h5,7,9,11,17H,3-4,6,8,10H2,1-2H3,(H2,15,16). The lowest BCUT2D eigenvalue weighted by Gasteiger charge is -2.40. The molecule has 6 nitrogen and oxygen atoms in total. The molecule has 1 aliphatic rings. The summed E-state index contributed by atoms with van der Waals surface area (Å²) < 4.78 is 33.4. The lowest BCUT2D eigenvalue weighted by molar-refractivity contribution is -0.0905. The summed E-state index contributed by atoms with van der Waals surface area (Å²) in [6, 6.07) is 2.71. The fourth-order valence-corrected chi connectivity index (χ4v) is 4.05. The molecule has 21 heavy (non-hydrogen) atoms. The predicted molar refractivity (Wildman–Crippen MR) is 81.3 cm³/mol. The molecule has 0 spiro atoms. The second kappa shape index (κ2) is 6.29. The zero-order valence-corrected chi connectivity index (χ0v) is 13.3. The average molecular weight is 313 g/mol. The Morgan fingerprint density at radius 1 is 1.48 bits per heavy atom. The molecule has 0 bridgehead atoms. The Kier molecular flexibility index (Phi) is 4.85. The molecule has 7 heteroatoms. The van der Waals surface area contributed by atoms with Crippen LogP contribution in [0.15, 0.2) is 23.2 Å². The number of anilines is 1. The van der Waals surface area contributed by atoms with Gasteiger partial charge < -0.3 is 10.5 Å². The Labute approximate surface area is 126 Å². The number of nitrogen functional groups attached to an aromatic ring is 1.